The van der Waals surface area contributed by atoms with E-state index >= 15 is 0 Å². The fourth-order valence-electron chi connectivity index (χ4n) is 2.75. The van der Waals surface area contributed by atoms with Gasteiger partial charge in [0.2, 0.25) is 0 Å². The first kappa shape index (κ1) is 15.3. The van der Waals surface area contributed by atoms with Gasteiger partial charge in [-0.15, -0.1) is 0 Å². The molecule has 3 N–H and O–H groups in total. The zero-order valence-corrected chi connectivity index (χ0v) is 12.2. The fraction of sp³-hybridized carbons (Fsp3) is 0.643. The highest BCUT2D eigenvalue weighted by Crippen LogP contribution is 2.24. The molecule has 0 radical (unpaired) electrons. The summed E-state index contributed by atoms with van der Waals surface area (Å²) in [6.07, 6.45) is 7.65. The number of amides is 2. The summed E-state index contributed by atoms with van der Waals surface area (Å²) in [4.78, 5) is 25.1. The minimum absolute atomic E-state index is 0.241. The number of carboxylic acid groups (broad SMARTS) is 1. The number of nitrogens with one attached hydrogen (secondary N) is 2. The van der Waals surface area contributed by atoms with E-state index in [1.165, 1.54) is 4.90 Å². The molecule has 1 aliphatic rings. The molecule has 116 valence electrons. The second-order valence-corrected chi connectivity index (χ2v) is 5.60. The van der Waals surface area contributed by atoms with Crippen LogP contribution in [0, 0.1) is 5.92 Å². The highest BCUT2D eigenvalue weighted by atomic mass is 16.4. The Morgan fingerprint density at radius 1 is 1.43 bits per heavy atom. The second kappa shape index (κ2) is 7.10. The predicted octanol–water partition coefficient (Wildman–Crippen LogP) is 1.58. The van der Waals surface area contributed by atoms with E-state index in [2.05, 4.69) is 15.5 Å². The van der Waals surface area contributed by atoms with E-state index in [4.69, 9.17) is 0 Å². The van der Waals surface area contributed by atoms with Crippen LogP contribution in [0.25, 0.3) is 0 Å². The monoisotopic (exact) mass is 294 g/mol. The summed E-state index contributed by atoms with van der Waals surface area (Å²) in [5, 5.41) is 18.7. The first-order chi connectivity index (χ1) is 10.1. The van der Waals surface area contributed by atoms with Crippen molar-refractivity contribution < 1.29 is 14.7 Å². The zero-order valence-electron chi connectivity index (χ0n) is 12.2. The third kappa shape index (κ3) is 4.21. The predicted molar refractivity (Wildman–Crippen MR) is 76.6 cm³/mol. The van der Waals surface area contributed by atoms with Crippen molar-refractivity contribution in [2.75, 3.05) is 7.05 Å². The fourth-order valence-corrected chi connectivity index (χ4v) is 2.75. The lowest BCUT2D eigenvalue weighted by Gasteiger charge is -2.26. The number of nitrogens with zero attached hydrogens (tertiary/aromatic N) is 2. The van der Waals surface area contributed by atoms with Crippen LogP contribution >= 0.6 is 0 Å². The Balaban J connectivity index is 1.94. The van der Waals surface area contributed by atoms with Crippen molar-refractivity contribution in [2.24, 2.45) is 5.92 Å². The maximum atomic E-state index is 12.2. The Hall–Kier alpha value is -2.05. The number of H-pyrrole nitrogens is 1. The van der Waals surface area contributed by atoms with Crippen LogP contribution in [0.4, 0.5) is 4.79 Å². The van der Waals surface area contributed by atoms with Gasteiger partial charge in [0.1, 0.15) is 0 Å². The van der Waals surface area contributed by atoms with Crippen LogP contribution in [0.5, 0.6) is 0 Å². The molecule has 1 heterocycles. The standard InChI is InChI=1S/C14H22N4O3/c1-18(9-10-7-15-16-8-10)14(21)17-12-6-4-2-3-5-11(12)13(19)20/h7-8,11-12H,2-6,9H2,1H3,(H,15,16)(H,17,21)(H,19,20). The van der Waals surface area contributed by atoms with Gasteiger partial charge in [-0.25, -0.2) is 4.79 Å². The summed E-state index contributed by atoms with van der Waals surface area (Å²) < 4.78 is 0. The van der Waals surface area contributed by atoms with Gasteiger partial charge in [-0.1, -0.05) is 19.3 Å². The SMILES string of the molecule is CN(Cc1cn[nH]c1)C(=O)NC1CCCCCC1C(=O)O. The van der Waals surface area contributed by atoms with E-state index < -0.39 is 11.9 Å². The van der Waals surface area contributed by atoms with Crippen LogP contribution in [0.2, 0.25) is 0 Å². The summed E-state index contributed by atoms with van der Waals surface area (Å²) in [6, 6.07) is -0.529. The quantitative estimate of drug-likeness (QED) is 0.734. The molecular formula is C14H22N4O3. The molecule has 0 saturated heterocycles. The number of aromatic nitrogens is 2. The molecule has 21 heavy (non-hydrogen) atoms. The lowest BCUT2D eigenvalue weighted by Crippen LogP contribution is -2.47. The van der Waals surface area contributed by atoms with Crippen molar-refractivity contribution in [3.05, 3.63) is 18.0 Å². The number of carbonyl (C=O) groups excluding carboxylic acids is 1. The van der Waals surface area contributed by atoms with Crippen molar-refractivity contribution in [3.8, 4) is 0 Å². The highest BCUT2D eigenvalue weighted by Gasteiger charge is 2.31. The molecule has 1 saturated carbocycles. The second-order valence-electron chi connectivity index (χ2n) is 5.60. The molecule has 1 fully saturated rings. The first-order valence-corrected chi connectivity index (χ1v) is 7.30. The number of aromatic amines is 1. The molecule has 2 amide bonds. The van der Waals surface area contributed by atoms with Crippen LogP contribution in [-0.2, 0) is 11.3 Å². The summed E-state index contributed by atoms with van der Waals surface area (Å²) in [5.74, 6) is -1.31. The normalized spacial score (nSPS) is 22.3. The van der Waals surface area contributed by atoms with Gasteiger partial charge < -0.3 is 15.3 Å². The van der Waals surface area contributed by atoms with Crippen LogP contribution in [0.15, 0.2) is 12.4 Å². The topological polar surface area (TPSA) is 98.3 Å². The number of aliphatic carboxylic acids is 1. The smallest absolute Gasteiger partial charge is 0.317 e. The van der Waals surface area contributed by atoms with Crippen molar-refractivity contribution in [3.63, 3.8) is 0 Å². The Morgan fingerprint density at radius 3 is 2.86 bits per heavy atom. The van der Waals surface area contributed by atoms with Gasteiger partial charge in [0, 0.05) is 24.8 Å². The van der Waals surface area contributed by atoms with Crippen LogP contribution < -0.4 is 5.32 Å². The van der Waals surface area contributed by atoms with Gasteiger partial charge in [0.05, 0.1) is 18.7 Å². The third-order valence-corrected chi connectivity index (χ3v) is 3.96. The van der Waals surface area contributed by atoms with Crippen molar-refractivity contribution in [1.82, 2.24) is 20.4 Å². The minimum Gasteiger partial charge on any atom is -0.481 e. The molecule has 2 rings (SSSR count). The van der Waals surface area contributed by atoms with E-state index in [0.717, 1.165) is 31.2 Å². The van der Waals surface area contributed by atoms with Gasteiger partial charge in [0.25, 0.3) is 0 Å². The Bertz CT molecular complexity index is 475. The lowest BCUT2D eigenvalue weighted by atomic mass is 9.95. The maximum absolute atomic E-state index is 12.2. The van der Waals surface area contributed by atoms with E-state index in [1.54, 1.807) is 19.4 Å². The van der Waals surface area contributed by atoms with Gasteiger partial charge >= 0.3 is 12.0 Å². The van der Waals surface area contributed by atoms with Crippen molar-refractivity contribution >= 4 is 12.0 Å². The van der Waals surface area contributed by atoms with Crippen molar-refractivity contribution in [1.29, 1.82) is 0 Å². The van der Waals surface area contributed by atoms with Gasteiger partial charge in [0.15, 0.2) is 0 Å². The number of carboxylic acids is 1. The highest BCUT2D eigenvalue weighted by molar-refractivity contribution is 5.76. The molecule has 0 aromatic carbocycles. The molecule has 0 aliphatic heterocycles. The number of urea groups is 1. The summed E-state index contributed by atoms with van der Waals surface area (Å²) in [7, 11) is 1.69. The molecular weight excluding hydrogens is 272 g/mol. The Morgan fingerprint density at radius 2 is 2.19 bits per heavy atom. The van der Waals surface area contributed by atoms with E-state index in [1.807, 2.05) is 0 Å². The molecule has 1 aromatic heterocycles. The molecule has 7 nitrogen and oxygen atoms in total. The van der Waals surface area contributed by atoms with Crippen LogP contribution in [-0.4, -0.2) is 45.3 Å². The van der Waals surface area contributed by atoms with Crippen molar-refractivity contribution in [2.45, 2.75) is 44.7 Å². The number of hydrogen-bond acceptors (Lipinski definition) is 3. The summed E-state index contributed by atoms with van der Waals surface area (Å²) in [5.41, 5.74) is 0.906. The number of carbonyl (C=O) groups is 2. The third-order valence-electron chi connectivity index (χ3n) is 3.96. The number of hydrogen-bond donors (Lipinski definition) is 3. The lowest BCUT2D eigenvalue weighted by molar-refractivity contribution is -0.142. The van der Waals surface area contributed by atoms with E-state index in [9.17, 15) is 14.7 Å². The molecule has 2 atom stereocenters. The van der Waals surface area contributed by atoms with E-state index in [-0.39, 0.29) is 12.1 Å². The average Bonchev–Trinajstić information content (AvgIpc) is 2.83. The van der Waals surface area contributed by atoms with Crippen LogP contribution in [0.1, 0.15) is 37.7 Å². The summed E-state index contributed by atoms with van der Waals surface area (Å²) >= 11 is 0. The average molecular weight is 294 g/mol. The first-order valence-electron chi connectivity index (χ1n) is 7.30. The van der Waals surface area contributed by atoms with Gasteiger partial charge in [-0.3, -0.25) is 9.89 Å². The van der Waals surface area contributed by atoms with Gasteiger partial charge in [-0.05, 0) is 12.8 Å². The summed E-state index contributed by atoms with van der Waals surface area (Å²) in [6.45, 7) is 0.437. The molecule has 1 aromatic rings. The van der Waals surface area contributed by atoms with Crippen LogP contribution in [0.3, 0.4) is 0 Å². The molecule has 7 heteroatoms. The largest absolute Gasteiger partial charge is 0.481 e. The van der Waals surface area contributed by atoms with Gasteiger partial charge in [-0.2, -0.15) is 5.10 Å². The maximum Gasteiger partial charge on any atom is 0.317 e. The molecule has 2 unspecified atom stereocenters. The molecule has 0 spiro atoms. The minimum atomic E-state index is -0.820. The zero-order chi connectivity index (χ0) is 15.2. The molecule has 1 aliphatic carbocycles. The Labute approximate surface area is 123 Å². The van der Waals surface area contributed by atoms with E-state index in [0.29, 0.717) is 13.0 Å². The Kier molecular flexibility index (Phi) is 5.19. The number of rotatable bonds is 4. The molecule has 0 bridgehead atoms.